The first-order valence-corrected chi connectivity index (χ1v) is 7.50. The van der Waals surface area contributed by atoms with Gasteiger partial charge in [-0.1, -0.05) is 0 Å². The van der Waals surface area contributed by atoms with Gasteiger partial charge in [0.1, 0.15) is 5.82 Å². The number of carbonyl (C=O) groups is 1. The first-order chi connectivity index (χ1) is 9.51. The fourth-order valence-electron chi connectivity index (χ4n) is 1.71. The van der Waals surface area contributed by atoms with E-state index in [9.17, 15) is 4.79 Å². The van der Waals surface area contributed by atoms with Gasteiger partial charge >= 0.3 is 0 Å². The van der Waals surface area contributed by atoms with E-state index in [0.717, 1.165) is 14.5 Å². The van der Waals surface area contributed by atoms with E-state index >= 15 is 0 Å². The number of nitrogens with one attached hydrogen (secondary N) is 2. The van der Waals surface area contributed by atoms with Crippen LogP contribution in [0, 0.1) is 6.92 Å². The Balaban J connectivity index is 2.28. The van der Waals surface area contributed by atoms with Crippen molar-refractivity contribution in [1.82, 2.24) is 4.98 Å². The number of nitrogens with zero attached hydrogens (tertiary/aromatic N) is 1. The summed E-state index contributed by atoms with van der Waals surface area (Å²) in [7, 11) is 1.76. The molecular formula is C14H13Br2N3O. The van der Waals surface area contributed by atoms with Gasteiger partial charge < -0.3 is 10.6 Å². The topological polar surface area (TPSA) is 54.0 Å². The van der Waals surface area contributed by atoms with Crippen molar-refractivity contribution in [3.05, 3.63) is 50.5 Å². The van der Waals surface area contributed by atoms with Gasteiger partial charge in [0.2, 0.25) is 0 Å². The summed E-state index contributed by atoms with van der Waals surface area (Å²) in [6.45, 7) is 1.99. The van der Waals surface area contributed by atoms with Crippen LogP contribution in [0.5, 0.6) is 0 Å². The van der Waals surface area contributed by atoms with Gasteiger partial charge in [-0.15, -0.1) is 0 Å². The number of aromatic nitrogens is 1. The average Bonchev–Trinajstić information content (AvgIpc) is 2.42. The summed E-state index contributed by atoms with van der Waals surface area (Å²) in [5.74, 6) is 0.467. The zero-order valence-corrected chi connectivity index (χ0v) is 14.2. The van der Waals surface area contributed by atoms with Crippen molar-refractivity contribution >= 4 is 49.3 Å². The van der Waals surface area contributed by atoms with Gasteiger partial charge in [-0.3, -0.25) is 4.79 Å². The Kier molecular flexibility index (Phi) is 4.77. The van der Waals surface area contributed by atoms with Gasteiger partial charge in [-0.2, -0.15) is 0 Å². The van der Waals surface area contributed by atoms with E-state index < -0.39 is 0 Å². The number of amides is 1. The molecule has 0 spiro atoms. The van der Waals surface area contributed by atoms with E-state index in [0.29, 0.717) is 17.1 Å². The Bertz CT molecular complexity index is 636. The molecule has 0 unspecified atom stereocenters. The molecular weight excluding hydrogens is 386 g/mol. The van der Waals surface area contributed by atoms with E-state index in [1.54, 1.807) is 25.4 Å². The molecule has 4 nitrogen and oxygen atoms in total. The van der Waals surface area contributed by atoms with Gasteiger partial charge in [0.15, 0.2) is 0 Å². The van der Waals surface area contributed by atoms with E-state index in [4.69, 9.17) is 0 Å². The molecule has 0 fully saturated rings. The third-order valence-electron chi connectivity index (χ3n) is 2.70. The van der Waals surface area contributed by atoms with Crippen molar-refractivity contribution < 1.29 is 4.79 Å². The maximum Gasteiger partial charge on any atom is 0.255 e. The number of carbonyl (C=O) groups excluding carboxylic acids is 1. The predicted molar refractivity (Wildman–Crippen MR) is 88.3 cm³/mol. The second-order valence-electron chi connectivity index (χ2n) is 4.24. The summed E-state index contributed by atoms with van der Waals surface area (Å²) in [4.78, 5) is 16.3. The smallest absolute Gasteiger partial charge is 0.255 e. The third-order valence-corrected chi connectivity index (χ3v) is 3.95. The normalized spacial score (nSPS) is 10.2. The van der Waals surface area contributed by atoms with Crippen LogP contribution in [-0.2, 0) is 0 Å². The molecule has 2 N–H and O–H groups in total. The fraction of sp³-hybridized carbons (Fsp3) is 0.143. The highest BCUT2D eigenvalue weighted by molar-refractivity contribution is 9.11. The molecule has 0 saturated heterocycles. The van der Waals surface area contributed by atoms with Crippen molar-refractivity contribution in [2.24, 2.45) is 0 Å². The van der Waals surface area contributed by atoms with Crippen LogP contribution in [0.25, 0.3) is 0 Å². The van der Waals surface area contributed by atoms with E-state index in [2.05, 4.69) is 47.5 Å². The highest BCUT2D eigenvalue weighted by atomic mass is 79.9. The van der Waals surface area contributed by atoms with Crippen LogP contribution in [0.2, 0.25) is 0 Å². The quantitative estimate of drug-likeness (QED) is 0.814. The number of anilines is 2. The van der Waals surface area contributed by atoms with Crippen molar-refractivity contribution in [2.75, 3.05) is 17.7 Å². The van der Waals surface area contributed by atoms with Crippen LogP contribution >= 0.6 is 31.9 Å². The molecule has 0 saturated carbocycles. The maximum atomic E-state index is 12.3. The lowest BCUT2D eigenvalue weighted by molar-refractivity contribution is 0.102. The minimum atomic E-state index is -0.186. The lowest BCUT2D eigenvalue weighted by Crippen LogP contribution is -2.13. The lowest BCUT2D eigenvalue weighted by atomic mass is 10.2. The van der Waals surface area contributed by atoms with Gasteiger partial charge in [0.25, 0.3) is 5.91 Å². The number of halogens is 2. The standard InChI is InChI=1S/C14H13Br2N3O/c1-8-5-10(15)13(11(16)6-8)19-14(20)9-3-4-18-12(7-9)17-2/h3-7H,1-2H3,(H,17,18)(H,19,20). The summed E-state index contributed by atoms with van der Waals surface area (Å²) in [5.41, 5.74) is 2.36. The molecule has 0 bridgehead atoms. The van der Waals surface area contributed by atoms with Gasteiger partial charge in [-0.05, 0) is 68.6 Å². The van der Waals surface area contributed by atoms with Crippen LogP contribution in [0.1, 0.15) is 15.9 Å². The fourth-order valence-corrected chi connectivity index (χ4v) is 3.33. The largest absolute Gasteiger partial charge is 0.373 e. The van der Waals surface area contributed by atoms with E-state index in [1.165, 1.54) is 0 Å². The van der Waals surface area contributed by atoms with Crippen molar-refractivity contribution in [3.8, 4) is 0 Å². The Labute approximate surface area is 134 Å². The second kappa shape index (κ2) is 6.37. The molecule has 0 aliphatic rings. The van der Waals surface area contributed by atoms with E-state index in [1.807, 2.05) is 19.1 Å². The van der Waals surface area contributed by atoms with Crippen molar-refractivity contribution in [3.63, 3.8) is 0 Å². The minimum Gasteiger partial charge on any atom is -0.373 e. The van der Waals surface area contributed by atoms with Gasteiger partial charge in [0, 0.05) is 27.8 Å². The van der Waals surface area contributed by atoms with Gasteiger partial charge in [-0.25, -0.2) is 4.98 Å². The summed E-state index contributed by atoms with van der Waals surface area (Å²) in [6.07, 6.45) is 1.60. The Morgan fingerprint density at radius 2 is 1.85 bits per heavy atom. The Hall–Kier alpha value is -1.40. The molecule has 104 valence electrons. The highest BCUT2D eigenvalue weighted by Gasteiger charge is 2.12. The molecule has 20 heavy (non-hydrogen) atoms. The molecule has 0 aliphatic heterocycles. The lowest BCUT2D eigenvalue weighted by Gasteiger charge is -2.11. The zero-order chi connectivity index (χ0) is 14.7. The molecule has 0 atom stereocenters. The summed E-state index contributed by atoms with van der Waals surface area (Å²) >= 11 is 6.92. The first-order valence-electron chi connectivity index (χ1n) is 5.92. The van der Waals surface area contributed by atoms with E-state index in [-0.39, 0.29) is 5.91 Å². The first kappa shape index (κ1) is 15.0. The molecule has 2 rings (SSSR count). The molecule has 0 aliphatic carbocycles. The number of benzene rings is 1. The molecule has 1 aromatic carbocycles. The van der Waals surface area contributed by atoms with Crippen LogP contribution in [-0.4, -0.2) is 17.9 Å². The number of hydrogen-bond donors (Lipinski definition) is 2. The number of pyridine rings is 1. The molecule has 0 radical (unpaired) electrons. The van der Waals surface area contributed by atoms with Crippen LogP contribution in [0.3, 0.4) is 0 Å². The average molecular weight is 399 g/mol. The Morgan fingerprint density at radius 3 is 2.45 bits per heavy atom. The summed E-state index contributed by atoms with van der Waals surface area (Å²) in [6, 6.07) is 7.27. The number of rotatable bonds is 3. The predicted octanol–water partition coefficient (Wildman–Crippen LogP) is 4.21. The van der Waals surface area contributed by atoms with Crippen LogP contribution in [0.4, 0.5) is 11.5 Å². The molecule has 1 heterocycles. The maximum absolute atomic E-state index is 12.3. The molecule has 1 aromatic heterocycles. The van der Waals surface area contributed by atoms with Crippen LogP contribution < -0.4 is 10.6 Å². The third kappa shape index (κ3) is 3.37. The van der Waals surface area contributed by atoms with Crippen molar-refractivity contribution in [1.29, 1.82) is 0 Å². The SMILES string of the molecule is CNc1cc(C(=O)Nc2c(Br)cc(C)cc2Br)ccn1. The monoisotopic (exact) mass is 397 g/mol. The molecule has 1 amide bonds. The van der Waals surface area contributed by atoms with Gasteiger partial charge in [0.05, 0.1) is 5.69 Å². The number of aryl methyl sites for hydroxylation is 1. The Morgan fingerprint density at radius 1 is 1.20 bits per heavy atom. The minimum absolute atomic E-state index is 0.186. The second-order valence-corrected chi connectivity index (χ2v) is 5.95. The zero-order valence-electron chi connectivity index (χ0n) is 11.0. The van der Waals surface area contributed by atoms with Crippen LogP contribution in [0.15, 0.2) is 39.4 Å². The van der Waals surface area contributed by atoms with Crippen molar-refractivity contribution in [2.45, 2.75) is 6.92 Å². The molecule has 2 aromatic rings. The summed E-state index contributed by atoms with van der Waals surface area (Å²) < 4.78 is 1.67. The number of hydrogen-bond acceptors (Lipinski definition) is 3. The highest BCUT2D eigenvalue weighted by Crippen LogP contribution is 2.32. The molecule has 6 heteroatoms. The summed E-state index contributed by atoms with van der Waals surface area (Å²) in [5, 5.41) is 5.79.